The second-order valence-electron chi connectivity index (χ2n) is 9.58. The van der Waals surface area contributed by atoms with Gasteiger partial charge in [0.2, 0.25) is 0 Å². The van der Waals surface area contributed by atoms with Crippen LogP contribution in [0, 0.1) is 0 Å². The van der Waals surface area contributed by atoms with Crippen molar-refractivity contribution >= 4 is 23.2 Å². The van der Waals surface area contributed by atoms with Crippen LogP contribution >= 0.6 is 11.6 Å². The third-order valence-corrected chi connectivity index (χ3v) is 6.74. The lowest BCUT2D eigenvalue weighted by molar-refractivity contribution is 0.0992. The monoisotopic (exact) mass is 525 g/mol. The molecule has 0 fully saturated rings. The summed E-state index contributed by atoms with van der Waals surface area (Å²) in [4.78, 5) is 12.7. The van der Waals surface area contributed by atoms with Crippen LogP contribution in [0.5, 0.6) is 5.75 Å². The molecule has 6 nitrogen and oxygen atoms in total. The van der Waals surface area contributed by atoms with Crippen LogP contribution in [0.1, 0.15) is 46.9 Å². The predicted octanol–water partition coefficient (Wildman–Crippen LogP) is 7.34. The van der Waals surface area contributed by atoms with Crippen LogP contribution in [-0.2, 0) is 18.6 Å². The summed E-state index contributed by atoms with van der Waals surface area (Å²) in [5.74, 6) is 1.14. The number of nitrogens with one attached hydrogen (secondary N) is 1. The number of benzene rings is 3. The summed E-state index contributed by atoms with van der Waals surface area (Å²) in [5, 5.41) is 7.81. The Balaban J connectivity index is 1.15. The van der Waals surface area contributed by atoms with Crippen molar-refractivity contribution in [1.82, 2.24) is 9.78 Å². The SMILES string of the molecule is CC(C)(c1ccccc1)c1ccc(OCc2ccc(C(=O)Nc3cnn(Cc4ccc(Cl)cc4)c3)o2)cc1. The molecule has 0 unspecified atom stereocenters. The van der Waals surface area contributed by atoms with Crippen LogP contribution in [0.4, 0.5) is 5.69 Å². The van der Waals surface area contributed by atoms with E-state index in [0.29, 0.717) is 23.0 Å². The number of nitrogens with zero attached hydrogens (tertiary/aromatic N) is 2. The Morgan fingerprint density at radius 3 is 2.39 bits per heavy atom. The molecular weight excluding hydrogens is 498 g/mol. The van der Waals surface area contributed by atoms with E-state index in [2.05, 4.69) is 60.7 Å². The molecule has 3 aromatic carbocycles. The number of ether oxygens (including phenoxy) is 1. The maximum atomic E-state index is 12.7. The maximum Gasteiger partial charge on any atom is 0.291 e. The molecule has 0 aliphatic carbocycles. The van der Waals surface area contributed by atoms with E-state index in [1.54, 1.807) is 29.2 Å². The molecule has 0 aliphatic heterocycles. The Labute approximate surface area is 226 Å². The lowest BCUT2D eigenvalue weighted by atomic mass is 9.78. The molecule has 2 heterocycles. The molecule has 2 aromatic heterocycles. The van der Waals surface area contributed by atoms with Gasteiger partial charge in [0.05, 0.1) is 18.4 Å². The number of aromatic nitrogens is 2. The smallest absolute Gasteiger partial charge is 0.291 e. The Hall–Kier alpha value is -4.29. The van der Waals surface area contributed by atoms with Crippen molar-refractivity contribution in [3.63, 3.8) is 0 Å². The highest BCUT2D eigenvalue weighted by Crippen LogP contribution is 2.32. The molecule has 1 amide bonds. The summed E-state index contributed by atoms with van der Waals surface area (Å²) >= 11 is 5.94. The molecule has 0 aliphatic rings. The number of amides is 1. The van der Waals surface area contributed by atoms with Crippen molar-refractivity contribution in [2.75, 3.05) is 5.32 Å². The molecular formula is C31H28ClN3O3. The normalized spacial score (nSPS) is 11.3. The fraction of sp³-hybridized carbons (Fsp3) is 0.161. The van der Waals surface area contributed by atoms with Crippen molar-refractivity contribution in [3.8, 4) is 5.75 Å². The van der Waals surface area contributed by atoms with Crippen LogP contribution in [-0.4, -0.2) is 15.7 Å². The number of carbonyl (C=O) groups is 1. The van der Waals surface area contributed by atoms with Gasteiger partial charge >= 0.3 is 0 Å². The summed E-state index contributed by atoms with van der Waals surface area (Å²) in [7, 11) is 0. The van der Waals surface area contributed by atoms with Gasteiger partial charge in [-0.25, -0.2) is 0 Å². The van der Waals surface area contributed by atoms with Crippen LogP contribution in [0.15, 0.2) is 108 Å². The zero-order valence-corrected chi connectivity index (χ0v) is 22.0. The van der Waals surface area contributed by atoms with E-state index in [-0.39, 0.29) is 23.7 Å². The Bertz CT molecular complexity index is 1500. The highest BCUT2D eigenvalue weighted by Gasteiger charge is 2.22. The molecule has 7 heteroatoms. The van der Waals surface area contributed by atoms with Crippen LogP contribution in [0.3, 0.4) is 0 Å². The summed E-state index contributed by atoms with van der Waals surface area (Å²) in [6, 6.07) is 29.4. The van der Waals surface area contributed by atoms with Crippen molar-refractivity contribution in [2.45, 2.75) is 32.4 Å². The molecule has 0 saturated carbocycles. The molecule has 1 N–H and O–H groups in total. The first-order chi connectivity index (χ1) is 18.4. The zero-order chi connectivity index (χ0) is 26.5. The third kappa shape index (κ3) is 5.98. The third-order valence-electron chi connectivity index (χ3n) is 6.49. The van der Waals surface area contributed by atoms with E-state index in [4.69, 9.17) is 20.8 Å². The van der Waals surface area contributed by atoms with Gasteiger partial charge in [0.15, 0.2) is 5.76 Å². The lowest BCUT2D eigenvalue weighted by Gasteiger charge is -2.26. The Morgan fingerprint density at radius 1 is 0.947 bits per heavy atom. The number of rotatable bonds is 9. The molecule has 5 aromatic rings. The molecule has 5 rings (SSSR count). The molecule has 0 radical (unpaired) electrons. The second-order valence-corrected chi connectivity index (χ2v) is 10.0. The summed E-state index contributed by atoms with van der Waals surface area (Å²) < 4.78 is 13.4. The van der Waals surface area contributed by atoms with Gasteiger partial charge in [-0.05, 0) is 53.1 Å². The van der Waals surface area contributed by atoms with Gasteiger partial charge in [-0.2, -0.15) is 5.10 Å². The van der Waals surface area contributed by atoms with Crippen molar-refractivity contribution in [1.29, 1.82) is 0 Å². The van der Waals surface area contributed by atoms with Crippen molar-refractivity contribution in [3.05, 3.63) is 137 Å². The largest absolute Gasteiger partial charge is 0.486 e. The van der Waals surface area contributed by atoms with E-state index in [0.717, 1.165) is 11.3 Å². The number of anilines is 1. The lowest BCUT2D eigenvalue weighted by Crippen LogP contribution is -2.18. The van der Waals surface area contributed by atoms with Gasteiger partial charge < -0.3 is 14.5 Å². The predicted molar refractivity (Wildman–Crippen MR) is 149 cm³/mol. The summed E-state index contributed by atoms with van der Waals surface area (Å²) in [5.41, 5.74) is 3.97. The molecule has 0 bridgehead atoms. The second kappa shape index (κ2) is 11.0. The van der Waals surface area contributed by atoms with Crippen molar-refractivity contribution in [2.24, 2.45) is 0 Å². The van der Waals surface area contributed by atoms with Crippen LogP contribution < -0.4 is 10.1 Å². The summed E-state index contributed by atoms with van der Waals surface area (Å²) in [6.45, 7) is 5.20. The first kappa shape index (κ1) is 25.4. The first-order valence-electron chi connectivity index (χ1n) is 12.3. The number of hydrogen-bond acceptors (Lipinski definition) is 4. The van der Waals surface area contributed by atoms with E-state index >= 15 is 0 Å². The molecule has 38 heavy (non-hydrogen) atoms. The quantitative estimate of drug-likeness (QED) is 0.218. The topological polar surface area (TPSA) is 69.3 Å². The van der Waals surface area contributed by atoms with Gasteiger partial charge in [-0.3, -0.25) is 9.48 Å². The minimum atomic E-state index is -0.352. The Kier molecular flexibility index (Phi) is 7.33. The van der Waals surface area contributed by atoms with E-state index in [1.807, 2.05) is 42.5 Å². The molecule has 0 spiro atoms. The van der Waals surface area contributed by atoms with Gasteiger partial charge in [0.1, 0.15) is 18.1 Å². The fourth-order valence-corrected chi connectivity index (χ4v) is 4.33. The van der Waals surface area contributed by atoms with Gasteiger partial charge in [-0.15, -0.1) is 0 Å². The molecule has 0 saturated heterocycles. The van der Waals surface area contributed by atoms with Crippen LogP contribution in [0.25, 0.3) is 0 Å². The van der Waals surface area contributed by atoms with E-state index in [9.17, 15) is 4.79 Å². The van der Waals surface area contributed by atoms with Crippen molar-refractivity contribution < 1.29 is 13.9 Å². The highest BCUT2D eigenvalue weighted by molar-refractivity contribution is 6.30. The molecule has 192 valence electrons. The minimum Gasteiger partial charge on any atom is -0.486 e. The average molecular weight is 526 g/mol. The number of furan rings is 1. The van der Waals surface area contributed by atoms with Gasteiger partial charge in [0, 0.05) is 16.6 Å². The maximum absolute atomic E-state index is 12.7. The number of halogens is 1. The van der Waals surface area contributed by atoms with Crippen LogP contribution in [0.2, 0.25) is 5.02 Å². The molecule has 0 atom stereocenters. The standard InChI is InChI=1S/C31H28ClN3O3/c1-31(2,23-6-4-3-5-7-23)24-10-14-27(15-11-24)37-21-28-16-17-29(38-28)30(36)34-26-18-33-35(20-26)19-22-8-12-25(32)13-9-22/h3-18,20H,19,21H2,1-2H3,(H,34,36). The van der Waals surface area contributed by atoms with E-state index in [1.165, 1.54) is 11.1 Å². The average Bonchev–Trinajstić information content (AvgIpc) is 3.59. The Morgan fingerprint density at radius 2 is 1.66 bits per heavy atom. The zero-order valence-electron chi connectivity index (χ0n) is 21.2. The first-order valence-corrected chi connectivity index (χ1v) is 12.7. The fourth-order valence-electron chi connectivity index (χ4n) is 4.21. The summed E-state index contributed by atoms with van der Waals surface area (Å²) in [6.07, 6.45) is 3.37. The minimum absolute atomic E-state index is 0.116. The van der Waals surface area contributed by atoms with Gasteiger partial charge in [-0.1, -0.05) is 80.0 Å². The number of carbonyl (C=O) groups excluding carboxylic acids is 1. The van der Waals surface area contributed by atoms with Gasteiger partial charge in [0.25, 0.3) is 5.91 Å². The number of hydrogen-bond donors (Lipinski definition) is 1. The van der Waals surface area contributed by atoms with E-state index < -0.39 is 0 Å². The highest BCUT2D eigenvalue weighted by atomic mass is 35.5.